The number of halogens is 3. The second-order valence-corrected chi connectivity index (χ2v) is 6.55. The van der Waals surface area contributed by atoms with Crippen molar-refractivity contribution >= 4 is 11.9 Å². The van der Waals surface area contributed by atoms with Crippen LogP contribution in [0.2, 0.25) is 0 Å². The smallest absolute Gasteiger partial charge is 0.394 e. The Morgan fingerprint density at radius 3 is 2.21 bits per heavy atom. The number of aromatic nitrogens is 1. The number of carbonyl (C=O) groups excluding carboxylic acids is 1. The molecule has 0 unspecified atom stereocenters. The maximum absolute atomic E-state index is 13.1. The van der Waals surface area contributed by atoms with Crippen LogP contribution in [0.4, 0.5) is 13.2 Å². The summed E-state index contributed by atoms with van der Waals surface area (Å²) >= 11 is 0. The number of aliphatic carboxylic acids is 1. The van der Waals surface area contributed by atoms with Gasteiger partial charge in [-0.25, -0.2) is 0 Å². The van der Waals surface area contributed by atoms with Gasteiger partial charge in [-0.15, -0.1) is 0 Å². The third kappa shape index (κ3) is 3.14. The predicted octanol–water partition coefficient (Wildman–Crippen LogP) is 3.02. The van der Waals surface area contributed by atoms with Crippen LogP contribution in [-0.4, -0.2) is 45.7 Å². The second-order valence-electron chi connectivity index (χ2n) is 6.55. The first-order chi connectivity index (χ1) is 10.9. The zero-order chi connectivity index (χ0) is 18.4. The minimum absolute atomic E-state index is 0.111. The Kier molecular flexibility index (Phi) is 4.70. The third-order valence-corrected chi connectivity index (χ3v) is 4.58. The Morgan fingerprint density at radius 1 is 1.25 bits per heavy atom. The lowest BCUT2D eigenvalue weighted by Gasteiger charge is -2.19. The van der Waals surface area contributed by atoms with E-state index in [-0.39, 0.29) is 6.04 Å². The number of amides is 1. The molecule has 5 nitrogen and oxygen atoms in total. The number of rotatable bonds is 3. The SMILES string of the molecule is Cc1cc(C(=O)N2C[C@@H](C(F)(F)F)[C@H](C(=O)O)C2)c(C)n1C(C)C. The highest BCUT2D eigenvalue weighted by Crippen LogP contribution is 2.38. The van der Waals surface area contributed by atoms with Crippen molar-refractivity contribution in [1.82, 2.24) is 9.47 Å². The first kappa shape index (κ1) is 18.4. The number of likely N-dealkylation sites (tertiary alicyclic amines) is 1. The van der Waals surface area contributed by atoms with Crippen LogP contribution in [0, 0.1) is 25.7 Å². The molecule has 134 valence electrons. The van der Waals surface area contributed by atoms with Crippen LogP contribution in [0.1, 0.15) is 41.6 Å². The fraction of sp³-hybridized carbons (Fsp3) is 0.625. The number of hydrogen-bond donors (Lipinski definition) is 1. The Hall–Kier alpha value is -1.99. The van der Waals surface area contributed by atoms with Crippen LogP contribution in [0.25, 0.3) is 0 Å². The first-order valence-electron chi connectivity index (χ1n) is 7.72. The molecule has 0 aliphatic carbocycles. The molecule has 1 saturated heterocycles. The molecule has 0 aromatic carbocycles. The third-order valence-electron chi connectivity index (χ3n) is 4.58. The normalized spacial score (nSPS) is 21.6. The molecule has 2 rings (SSSR count). The van der Waals surface area contributed by atoms with Gasteiger partial charge in [0.05, 0.1) is 17.4 Å². The van der Waals surface area contributed by atoms with Gasteiger partial charge >= 0.3 is 12.1 Å². The molecule has 8 heteroatoms. The van der Waals surface area contributed by atoms with Crippen LogP contribution >= 0.6 is 0 Å². The molecule has 1 fully saturated rings. The summed E-state index contributed by atoms with van der Waals surface area (Å²) in [5.74, 6) is -5.73. The molecular formula is C16H21F3N2O3. The van der Waals surface area contributed by atoms with Gasteiger partial charge in [-0.2, -0.15) is 13.2 Å². The highest BCUT2D eigenvalue weighted by Gasteiger charge is 2.53. The van der Waals surface area contributed by atoms with E-state index in [1.165, 1.54) is 0 Å². The standard InChI is InChI=1S/C16H21F3N2O3/c1-8(2)21-9(3)5-11(10(21)4)14(22)20-6-12(15(23)24)13(7-20)16(17,18)19/h5,8,12-13H,6-7H2,1-4H3,(H,23,24)/t12-,13-/m1/s1. The summed E-state index contributed by atoms with van der Waals surface area (Å²) in [6.07, 6.45) is -4.65. The molecule has 24 heavy (non-hydrogen) atoms. The molecule has 1 aliphatic rings. The Morgan fingerprint density at radius 2 is 1.83 bits per heavy atom. The molecule has 1 aliphatic heterocycles. The van der Waals surface area contributed by atoms with Crippen molar-refractivity contribution in [2.75, 3.05) is 13.1 Å². The number of nitrogens with zero attached hydrogens (tertiary/aromatic N) is 2. The van der Waals surface area contributed by atoms with Gasteiger partial charge in [0.2, 0.25) is 0 Å². The molecule has 0 bridgehead atoms. The molecule has 1 amide bonds. The van der Waals surface area contributed by atoms with Crippen molar-refractivity contribution in [3.8, 4) is 0 Å². The average molecular weight is 346 g/mol. The lowest BCUT2D eigenvalue weighted by molar-refractivity contribution is -0.187. The van der Waals surface area contributed by atoms with Gasteiger partial charge in [-0.3, -0.25) is 9.59 Å². The average Bonchev–Trinajstić information content (AvgIpc) is 2.99. The quantitative estimate of drug-likeness (QED) is 0.915. The van der Waals surface area contributed by atoms with E-state index in [4.69, 9.17) is 5.11 Å². The molecule has 2 heterocycles. The molecule has 0 radical (unpaired) electrons. The minimum Gasteiger partial charge on any atom is -0.481 e. The monoisotopic (exact) mass is 346 g/mol. The van der Waals surface area contributed by atoms with E-state index >= 15 is 0 Å². The van der Waals surface area contributed by atoms with E-state index in [0.29, 0.717) is 11.3 Å². The van der Waals surface area contributed by atoms with E-state index in [0.717, 1.165) is 10.6 Å². The van der Waals surface area contributed by atoms with Gasteiger partial charge in [-0.05, 0) is 33.8 Å². The van der Waals surface area contributed by atoms with Crippen LogP contribution in [0.5, 0.6) is 0 Å². The molecule has 0 saturated carbocycles. The Balaban J connectivity index is 2.32. The summed E-state index contributed by atoms with van der Waals surface area (Å²) in [4.78, 5) is 24.8. The molecular weight excluding hydrogens is 325 g/mol. The lowest BCUT2D eigenvalue weighted by Crippen LogP contribution is -2.34. The maximum atomic E-state index is 13.1. The van der Waals surface area contributed by atoms with Crippen molar-refractivity contribution in [3.05, 3.63) is 23.0 Å². The van der Waals surface area contributed by atoms with Gasteiger partial charge in [0.25, 0.3) is 5.91 Å². The van der Waals surface area contributed by atoms with Gasteiger partial charge < -0.3 is 14.6 Å². The zero-order valence-electron chi connectivity index (χ0n) is 14.0. The number of alkyl halides is 3. The lowest BCUT2D eigenvalue weighted by atomic mass is 9.96. The minimum atomic E-state index is -4.65. The molecule has 1 aromatic rings. The van der Waals surface area contributed by atoms with Crippen LogP contribution in [0.15, 0.2) is 6.07 Å². The van der Waals surface area contributed by atoms with Crippen molar-refractivity contribution in [3.63, 3.8) is 0 Å². The molecule has 0 spiro atoms. The topological polar surface area (TPSA) is 62.5 Å². The van der Waals surface area contributed by atoms with Crippen LogP contribution in [-0.2, 0) is 4.79 Å². The summed E-state index contributed by atoms with van der Waals surface area (Å²) in [6.45, 7) is 6.42. The van der Waals surface area contributed by atoms with Crippen molar-refractivity contribution < 1.29 is 27.9 Å². The summed E-state index contributed by atoms with van der Waals surface area (Å²) in [5.41, 5.74) is 1.84. The number of carboxylic acids is 1. The fourth-order valence-corrected chi connectivity index (χ4v) is 3.51. The fourth-order valence-electron chi connectivity index (χ4n) is 3.51. The van der Waals surface area contributed by atoms with E-state index < -0.39 is 43.0 Å². The van der Waals surface area contributed by atoms with Crippen molar-refractivity contribution in [2.24, 2.45) is 11.8 Å². The van der Waals surface area contributed by atoms with Gasteiger partial charge in [-0.1, -0.05) is 0 Å². The highest BCUT2D eigenvalue weighted by atomic mass is 19.4. The number of carbonyl (C=O) groups is 2. The number of hydrogen-bond acceptors (Lipinski definition) is 2. The predicted molar refractivity (Wildman–Crippen MR) is 80.9 cm³/mol. The van der Waals surface area contributed by atoms with Crippen LogP contribution < -0.4 is 0 Å². The first-order valence-corrected chi connectivity index (χ1v) is 7.72. The summed E-state index contributed by atoms with van der Waals surface area (Å²) < 4.78 is 41.1. The second kappa shape index (κ2) is 6.14. The van der Waals surface area contributed by atoms with E-state index in [1.54, 1.807) is 13.0 Å². The Bertz CT molecular complexity index is 664. The summed E-state index contributed by atoms with van der Waals surface area (Å²) in [7, 11) is 0. The van der Waals surface area contributed by atoms with Gasteiger partial charge in [0.15, 0.2) is 0 Å². The number of carboxylic acid groups (broad SMARTS) is 1. The highest BCUT2D eigenvalue weighted by molar-refractivity contribution is 5.96. The van der Waals surface area contributed by atoms with E-state index in [1.807, 2.05) is 25.3 Å². The Labute approximate surface area is 138 Å². The van der Waals surface area contributed by atoms with Crippen molar-refractivity contribution in [1.29, 1.82) is 0 Å². The molecule has 1 N–H and O–H groups in total. The maximum Gasteiger partial charge on any atom is 0.394 e. The largest absolute Gasteiger partial charge is 0.481 e. The number of aryl methyl sites for hydroxylation is 1. The molecule has 1 aromatic heterocycles. The van der Waals surface area contributed by atoms with Crippen LogP contribution in [0.3, 0.4) is 0 Å². The van der Waals surface area contributed by atoms with E-state index in [9.17, 15) is 22.8 Å². The van der Waals surface area contributed by atoms with Gasteiger partial charge in [0.1, 0.15) is 0 Å². The summed E-state index contributed by atoms with van der Waals surface area (Å²) in [5, 5.41) is 9.05. The summed E-state index contributed by atoms with van der Waals surface area (Å²) in [6, 6.07) is 1.76. The zero-order valence-corrected chi connectivity index (χ0v) is 14.0. The van der Waals surface area contributed by atoms with Gasteiger partial charge in [0, 0.05) is 30.5 Å². The van der Waals surface area contributed by atoms with Crippen molar-refractivity contribution in [2.45, 2.75) is 39.9 Å². The van der Waals surface area contributed by atoms with E-state index in [2.05, 4.69) is 0 Å². The molecule has 2 atom stereocenters.